The van der Waals surface area contributed by atoms with Gasteiger partial charge in [0.05, 0.1) is 14.2 Å². The molecule has 0 bridgehead atoms. The number of hydrogen-bond donors (Lipinski definition) is 2. The van der Waals surface area contributed by atoms with Crippen LogP contribution in [-0.2, 0) is 17.6 Å². The van der Waals surface area contributed by atoms with Crippen LogP contribution in [0, 0.1) is 0 Å². The van der Waals surface area contributed by atoms with E-state index in [0.717, 1.165) is 16.9 Å². The van der Waals surface area contributed by atoms with Crippen molar-refractivity contribution in [2.75, 3.05) is 14.2 Å². The number of nitrogens with two attached hydrogens (primary N) is 1. The standard InChI is InChI=1S/C13H17NO4/c1-17-10-3-4-11(18-2)9-7-13(14,12(15)16)6-5-8(9)10/h3-4H,5-7,14H2,1-2H3,(H,15,16)/t13-/m1/s1. The van der Waals surface area contributed by atoms with Gasteiger partial charge in [0.2, 0.25) is 0 Å². The fourth-order valence-corrected chi connectivity index (χ4v) is 2.43. The summed E-state index contributed by atoms with van der Waals surface area (Å²) < 4.78 is 10.6. The van der Waals surface area contributed by atoms with Gasteiger partial charge in [-0.3, -0.25) is 4.79 Å². The minimum Gasteiger partial charge on any atom is -0.496 e. The SMILES string of the molecule is COc1ccc(OC)c2c1CC[C@](N)(C(=O)O)C2. The van der Waals surface area contributed by atoms with E-state index >= 15 is 0 Å². The number of ether oxygens (including phenoxy) is 2. The summed E-state index contributed by atoms with van der Waals surface area (Å²) in [5, 5.41) is 9.22. The Morgan fingerprint density at radius 3 is 2.33 bits per heavy atom. The van der Waals surface area contributed by atoms with Gasteiger partial charge in [-0.25, -0.2) is 0 Å². The topological polar surface area (TPSA) is 81.8 Å². The van der Waals surface area contributed by atoms with Gasteiger partial charge in [0, 0.05) is 17.5 Å². The molecule has 0 amide bonds. The van der Waals surface area contributed by atoms with Crippen molar-refractivity contribution >= 4 is 5.97 Å². The number of carboxylic acids is 1. The number of benzene rings is 1. The Hall–Kier alpha value is -1.75. The fraction of sp³-hybridized carbons (Fsp3) is 0.462. The molecule has 0 aromatic heterocycles. The molecule has 1 aliphatic rings. The van der Waals surface area contributed by atoms with Crippen molar-refractivity contribution in [1.82, 2.24) is 0 Å². The average Bonchev–Trinajstić information content (AvgIpc) is 2.37. The highest BCUT2D eigenvalue weighted by atomic mass is 16.5. The molecule has 0 unspecified atom stereocenters. The van der Waals surface area contributed by atoms with Crippen LogP contribution >= 0.6 is 0 Å². The zero-order chi connectivity index (χ0) is 13.3. The van der Waals surface area contributed by atoms with Crippen molar-refractivity contribution in [2.45, 2.75) is 24.8 Å². The van der Waals surface area contributed by atoms with Gasteiger partial charge in [-0.1, -0.05) is 0 Å². The summed E-state index contributed by atoms with van der Waals surface area (Å²) in [4.78, 5) is 11.2. The predicted octanol–water partition coefficient (Wildman–Crippen LogP) is 0.975. The molecule has 0 fully saturated rings. The minimum absolute atomic E-state index is 0.262. The minimum atomic E-state index is -1.22. The summed E-state index contributed by atoms with van der Waals surface area (Å²) in [7, 11) is 3.17. The van der Waals surface area contributed by atoms with E-state index in [2.05, 4.69) is 0 Å². The maximum atomic E-state index is 11.2. The van der Waals surface area contributed by atoms with E-state index in [4.69, 9.17) is 15.2 Å². The van der Waals surface area contributed by atoms with Gasteiger partial charge >= 0.3 is 5.97 Å². The first-order valence-electron chi connectivity index (χ1n) is 5.77. The van der Waals surface area contributed by atoms with Crippen molar-refractivity contribution in [1.29, 1.82) is 0 Å². The van der Waals surface area contributed by atoms with E-state index in [1.165, 1.54) is 0 Å². The molecule has 0 radical (unpaired) electrons. The summed E-state index contributed by atoms with van der Waals surface area (Å²) in [6.45, 7) is 0. The molecular formula is C13H17NO4. The lowest BCUT2D eigenvalue weighted by molar-refractivity contribution is -0.143. The van der Waals surface area contributed by atoms with Crippen LogP contribution in [0.4, 0.5) is 0 Å². The highest BCUT2D eigenvalue weighted by Crippen LogP contribution is 2.38. The van der Waals surface area contributed by atoms with Gasteiger partial charge in [-0.05, 0) is 25.0 Å². The number of aliphatic carboxylic acids is 1. The van der Waals surface area contributed by atoms with E-state index in [1.54, 1.807) is 20.3 Å². The van der Waals surface area contributed by atoms with Crippen LogP contribution in [0.15, 0.2) is 12.1 Å². The Morgan fingerprint density at radius 2 is 1.83 bits per heavy atom. The van der Waals surface area contributed by atoms with Crippen molar-refractivity contribution < 1.29 is 19.4 Å². The van der Waals surface area contributed by atoms with Gasteiger partial charge in [-0.15, -0.1) is 0 Å². The lowest BCUT2D eigenvalue weighted by Crippen LogP contribution is -2.52. The molecule has 0 heterocycles. The Kier molecular flexibility index (Phi) is 3.17. The van der Waals surface area contributed by atoms with Crippen LogP contribution in [0.25, 0.3) is 0 Å². The van der Waals surface area contributed by atoms with Crippen LogP contribution in [0.3, 0.4) is 0 Å². The summed E-state index contributed by atoms with van der Waals surface area (Å²) in [6.07, 6.45) is 1.25. The predicted molar refractivity (Wildman–Crippen MR) is 66.1 cm³/mol. The Bertz CT molecular complexity index is 486. The molecule has 1 aromatic carbocycles. The maximum Gasteiger partial charge on any atom is 0.324 e. The third-order valence-electron chi connectivity index (χ3n) is 3.52. The maximum absolute atomic E-state index is 11.2. The van der Waals surface area contributed by atoms with Gasteiger partial charge in [-0.2, -0.15) is 0 Å². The molecule has 1 atom stereocenters. The summed E-state index contributed by atoms with van der Waals surface area (Å²) in [5.41, 5.74) is 6.56. The highest BCUT2D eigenvalue weighted by molar-refractivity contribution is 5.80. The zero-order valence-corrected chi connectivity index (χ0v) is 10.5. The van der Waals surface area contributed by atoms with E-state index in [-0.39, 0.29) is 6.42 Å². The second-order valence-corrected chi connectivity index (χ2v) is 4.57. The first-order chi connectivity index (χ1) is 8.51. The van der Waals surface area contributed by atoms with Crippen LogP contribution in [0.1, 0.15) is 17.5 Å². The lowest BCUT2D eigenvalue weighted by Gasteiger charge is -2.32. The third kappa shape index (κ3) is 1.90. The van der Waals surface area contributed by atoms with Gasteiger partial charge < -0.3 is 20.3 Å². The zero-order valence-electron chi connectivity index (χ0n) is 10.5. The van der Waals surface area contributed by atoms with Crippen LogP contribution < -0.4 is 15.2 Å². The molecule has 2 rings (SSSR count). The highest BCUT2D eigenvalue weighted by Gasteiger charge is 2.39. The summed E-state index contributed by atoms with van der Waals surface area (Å²) >= 11 is 0. The molecule has 18 heavy (non-hydrogen) atoms. The quantitative estimate of drug-likeness (QED) is 0.836. The normalized spacial score (nSPS) is 22.2. The molecule has 98 valence electrons. The Balaban J connectivity index is 2.50. The van der Waals surface area contributed by atoms with E-state index in [0.29, 0.717) is 18.6 Å². The van der Waals surface area contributed by atoms with Crippen molar-refractivity contribution in [3.63, 3.8) is 0 Å². The van der Waals surface area contributed by atoms with Crippen molar-refractivity contribution in [3.8, 4) is 11.5 Å². The third-order valence-corrected chi connectivity index (χ3v) is 3.52. The average molecular weight is 251 g/mol. The smallest absolute Gasteiger partial charge is 0.324 e. The first kappa shape index (κ1) is 12.7. The van der Waals surface area contributed by atoms with Gasteiger partial charge in [0.25, 0.3) is 0 Å². The number of rotatable bonds is 3. The van der Waals surface area contributed by atoms with Crippen molar-refractivity contribution in [3.05, 3.63) is 23.3 Å². The van der Waals surface area contributed by atoms with E-state index in [9.17, 15) is 9.90 Å². The first-order valence-corrected chi connectivity index (χ1v) is 5.77. The number of hydrogen-bond acceptors (Lipinski definition) is 4. The van der Waals surface area contributed by atoms with E-state index in [1.807, 2.05) is 6.07 Å². The Labute approximate surface area is 106 Å². The number of methoxy groups -OCH3 is 2. The van der Waals surface area contributed by atoms with Gasteiger partial charge in [0.15, 0.2) is 0 Å². The lowest BCUT2D eigenvalue weighted by atomic mass is 9.78. The molecule has 0 aliphatic heterocycles. The van der Waals surface area contributed by atoms with Crippen LogP contribution in [0.2, 0.25) is 0 Å². The molecule has 0 spiro atoms. The number of fused-ring (bicyclic) bond motifs is 1. The van der Waals surface area contributed by atoms with Crippen molar-refractivity contribution in [2.24, 2.45) is 5.73 Å². The summed E-state index contributed by atoms with van der Waals surface area (Å²) in [6, 6.07) is 3.62. The molecular weight excluding hydrogens is 234 g/mol. The molecule has 3 N–H and O–H groups in total. The Morgan fingerprint density at radius 1 is 1.28 bits per heavy atom. The molecule has 0 saturated heterocycles. The molecule has 1 aromatic rings. The van der Waals surface area contributed by atoms with Crippen LogP contribution in [0.5, 0.6) is 11.5 Å². The van der Waals surface area contributed by atoms with E-state index < -0.39 is 11.5 Å². The monoisotopic (exact) mass is 251 g/mol. The summed E-state index contributed by atoms with van der Waals surface area (Å²) in [5.74, 6) is 0.456. The number of carbonyl (C=O) groups is 1. The second kappa shape index (κ2) is 4.49. The molecule has 5 nitrogen and oxygen atoms in total. The molecule has 5 heteroatoms. The molecule has 1 aliphatic carbocycles. The largest absolute Gasteiger partial charge is 0.496 e. The molecule has 0 saturated carbocycles. The fourth-order valence-electron chi connectivity index (χ4n) is 2.43. The second-order valence-electron chi connectivity index (χ2n) is 4.57. The van der Waals surface area contributed by atoms with Crippen LogP contribution in [-0.4, -0.2) is 30.8 Å². The van der Waals surface area contributed by atoms with Gasteiger partial charge in [0.1, 0.15) is 17.0 Å². The number of carboxylic acid groups (broad SMARTS) is 1.